The number of nitrogens with zero attached hydrogens (tertiary/aromatic N) is 2. The Bertz CT molecular complexity index is 1090. The molecule has 6 nitrogen and oxygen atoms in total. The van der Waals surface area contributed by atoms with Gasteiger partial charge in [0.2, 0.25) is 0 Å². The molecule has 4 heterocycles. The van der Waals surface area contributed by atoms with Crippen molar-refractivity contribution in [3.63, 3.8) is 0 Å². The fourth-order valence-corrected chi connectivity index (χ4v) is 4.43. The summed E-state index contributed by atoms with van der Waals surface area (Å²) in [5.74, 6) is 2.05. The molecule has 1 aliphatic carbocycles. The van der Waals surface area contributed by atoms with E-state index in [9.17, 15) is 4.79 Å². The molecule has 0 spiro atoms. The van der Waals surface area contributed by atoms with Crippen LogP contribution in [0.5, 0.6) is 0 Å². The van der Waals surface area contributed by atoms with Crippen LogP contribution in [-0.4, -0.2) is 16.6 Å². The molecule has 1 amide bonds. The fourth-order valence-electron chi connectivity index (χ4n) is 4.43. The number of carbonyl (C=O) groups excluding carboxylic acids is 1. The molecule has 3 aromatic rings. The molecule has 2 unspecified atom stereocenters. The molecule has 0 bridgehead atoms. The standard InChI is InChI=1S/C25H24N2O4/c28-23(13-12-19-8-4-14-29-19)27-25(22-11-6-16-31-22)21-10-3-1-2-7-18(24(21)26-27)17-20-9-5-15-30-20/h4-6,8-9,11-17,21,25H,1-3,7,10H2/b13-12+,18-17+. The summed E-state index contributed by atoms with van der Waals surface area (Å²) in [6.07, 6.45) is 15.3. The minimum atomic E-state index is -0.267. The Labute approximate surface area is 180 Å². The zero-order valence-corrected chi connectivity index (χ0v) is 17.1. The van der Waals surface area contributed by atoms with Crippen molar-refractivity contribution in [3.8, 4) is 0 Å². The molecule has 0 aromatic carbocycles. The maximum atomic E-state index is 13.2. The zero-order chi connectivity index (χ0) is 21.0. The second kappa shape index (κ2) is 8.68. The third-order valence-corrected chi connectivity index (χ3v) is 5.86. The first-order valence-corrected chi connectivity index (χ1v) is 10.7. The van der Waals surface area contributed by atoms with Crippen molar-refractivity contribution in [2.24, 2.45) is 11.0 Å². The molecule has 3 aromatic heterocycles. The van der Waals surface area contributed by atoms with Crippen molar-refractivity contribution in [2.75, 3.05) is 0 Å². The predicted octanol–water partition coefficient (Wildman–Crippen LogP) is 6.08. The molecule has 0 N–H and O–H groups in total. The van der Waals surface area contributed by atoms with Crippen LogP contribution in [0.2, 0.25) is 0 Å². The van der Waals surface area contributed by atoms with Gasteiger partial charge in [0.25, 0.3) is 5.91 Å². The minimum Gasteiger partial charge on any atom is -0.467 e. The van der Waals surface area contributed by atoms with Crippen LogP contribution in [-0.2, 0) is 4.79 Å². The summed E-state index contributed by atoms with van der Waals surface area (Å²) in [6.45, 7) is 0. The van der Waals surface area contributed by atoms with E-state index in [1.165, 1.54) is 6.08 Å². The van der Waals surface area contributed by atoms with Gasteiger partial charge in [-0.1, -0.05) is 12.8 Å². The molecule has 6 heteroatoms. The maximum absolute atomic E-state index is 13.2. The van der Waals surface area contributed by atoms with E-state index in [4.69, 9.17) is 18.4 Å². The van der Waals surface area contributed by atoms with Crippen LogP contribution in [0, 0.1) is 5.92 Å². The van der Waals surface area contributed by atoms with E-state index < -0.39 is 0 Å². The molecular formula is C25H24N2O4. The van der Waals surface area contributed by atoms with E-state index >= 15 is 0 Å². The average Bonchev–Trinajstić information content (AvgIpc) is 3.56. The van der Waals surface area contributed by atoms with E-state index in [2.05, 4.69) is 6.08 Å². The molecule has 158 valence electrons. The molecule has 0 saturated heterocycles. The van der Waals surface area contributed by atoms with Gasteiger partial charge in [-0.05, 0) is 73.4 Å². The van der Waals surface area contributed by atoms with Crippen LogP contribution in [0.25, 0.3) is 12.2 Å². The molecular weight excluding hydrogens is 392 g/mol. The number of rotatable bonds is 4. The summed E-state index contributed by atoms with van der Waals surface area (Å²) in [5, 5.41) is 6.43. The molecule has 0 radical (unpaired) electrons. The first kappa shape index (κ1) is 19.4. The van der Waals surface area contributed by atoms with Gasteiger partial charge in [-0.25, -0.2) is 5.01 Å². The lowest BCUT2D eigenvalue weighted by Gasteiger charge is -2.26. The maximum Gasteiger partial charge on any atom is 0.267 e. The zero-order valence-electron chi connectivity index (χ0n) is 17.1. The van der Waals surface area contributed by atoms with Crippen molar-refractivity contribution in [2.45, 2.75) is 38.1 Å². The van der Waals surface area contributed by atoms with Gasteiger partial charge in [0, 0.05) is 12.0 Å². The highest BCUT2D eigenvalue weighted by atomic mass is 16.3. The molecule has 5 rings (SSSR count). The predicted molar refractivity (Wildman–Crippen MR) is 117 cm³/mol. The number of hydrogen-bond acceptors (Lipinski definition) is 5. The Morgan fingerprint density at radius 1 is 0.968 bits per heavy atom. The van der Waals surface area contributed by atoms with Gasteiger partial charge in [0.05, 0.1) is 24.5 Å². The third-order valence-electron chi connectivity index (χ3n) is 5.86. The summed E-state index contributed by atoms with van der Waals surface area (Å²) in [4.78, 5) is 13.2. The van der Waals surface area contributed by atoms with E-state index in [1.807, 2.05) is 30.3 Å². The lowest BCUT2D eigenvalue weighted by Crippen LogP contribution is -2.30. The summed E-state index contributed by atoms with van der Waals surface area (Å²) < 4.78 is 16.6. The lowest BCUT2D eigenvalue weighted by atomic mass is 9.81. The molecule has 31 heavy (non-hydrogen) atoms. The van der Waals surface area contributed by atoms with Crippen molar-refractivity contribution in [3.05, 3.63) is 84.1 Å². The van der Waals surface area contributed by atoms with Crippen LogP contribution in [0.1, 0.15) is 55.4 Å². The summed E-state index contributed by atoms with van der Waals surface area (Å²) in [5.41, 5.74) is 2.08. The van der Waals surface area contributed by atoms with Crippen LogP contribution in [0.4, 0.5) is 0 Å². The first-order valence-electron chi connectivity index (χ1n) is 10.7. The van der Waals surface area contributed by atoms with Gasteiger partial charge in [-0.15, -0.1) is 0 Å². The highest BCUT2D eigenvalue weighted by Crippen LogP contribution is 2.43. The third kappa shape index (κ3) is 4.06. The molecule has 2 aliphatic rings. The van der Waals surface area contributed by atoms with Gasteiger partial charge in [0.1, 0.15) is 23.3 Å². The molecule has 1 aliphatic heterocycles. The minimum absolute atomic E-state index is 0.0774. The van der Waals surface area contributed by atoms with Crippen molar-refractivity contribution in [1.29, 1.82) is 0 Å². The normalized spacial score (nSPS) is 23.0. The fraction of sp³-hybridized carbons (Fsp3) is 0.280. The van der Waals surface area contributed by atoms with Gasteiger partial charge in [-0.2, -0.15) is 5.10 Å². The van der Waals surface area contributed by atoms with E-state index in [0.717, 1.165) is 54.9 Å². The highest BCUT2D eigenvalue weighted by molar-refractivity contribution is 6.08. The van der Waals surface area contributed by atoms with Gasteiger partial charge in [0.15, 0.2) is 0 Å². The summed E-state index contributed by atoms with van der Waals surface area (Å²) >= 11 is 0. The summed E-state index contributed by atoms with van der Waals surface area (Å²) in [7, 11) is 0. The van der Waals surface area contributed by atoms with E-state index in [-0.39, 0.29) is 17.9 Å². The van der Waals surface area contributed by atoms with Crippen LogP contribution in [0.15, 0.2) is 85.2 Å². The number of allylic oxidation sites excluding steroid dienone is 1. The topological polar surface area (TPSA) is 72.1 Å². The van der Waals surface area contributed by atoms with Crippen molar-refractivity contribution >= 4 is 23.8 Å². The Morgan fingerprint density at radius 3 is 2.48 bits per heavy atom. The molecule has 2 atom stereocenters. The Kier molecular flexibility index (Phi) is 5.44. The van der Waals surface area contributed by atoms with Gasteiger partial charge >= 0.3 is 0 Å². The summed E-state index contributed by atoms with van der Waals surface area (Å²) in [6, 6.07) is 10.9. The van der Waals surface area contributed by atoms with Gasteiger partial charge < -0.3 is 13.3 Å². The van der Waals surface area contributed by atoms with E-state index in [1.54, 1.807) is 35.9 Å². The quantitative estimate of drug-likeness (QED) is 0.483. The molecule has 1 saturated carbocycles. The SMILES string of the molecule is O=C(/C=C/c1ccco1)N1N=C2/C(=C/c3ccco3)CCCCCC2C1c1ccco1. The highest BCUT2D eigenvalue weighted by Gasteiger charge is 2.43. The first-order chi connectivity index (χ1) is 15.3. The van der Waals surface area contributed by atoms with Gasteiger partial charge in [-0.3, -0.25) is 4.79 Å². The Hall–Kier alpha value is -3.54. The van der Waals surface area contributed by atoms with Crippen molar-refractivity contribution < 1.29 is 18.0 Å². The smallest absolute Gasteiger partial charge is 0.267 e. The number of fused-ring (bicyclic) bond motifs is 1. The van der Waals surface area contributed by atoms with Crippen molar-refractivity contribution in [1.82, 2.24) is 5.01 Å². The second-order valence-corrected chi connectivity index (χ2v) is 7.87. The number of carbonyl (C=O) groups is 1. The van der Waals surface area contributed by atoms with Crippen LogP contribution in [0.3, 0.4) is 0 Å². The lowest BCUT2D eigenvalue weighted by molar-refractivity contribution is -0.128. The number of amides is 1. The second-order valence-electron chi connectivity index (χ2n) is 7.87. The largest absolute Gasteiger partial charge is 0.467 e. The number of hydrogen-bond donors (Lipinski definition) is 0. The number of hydrazone groups is 1. The van der Waals surface area contributed by atoms with E-state index in [0.29, 0.717) is 5.76 Å². The Balaban J connectivity index is 1.53. The number of furan rings is 3. The van der Waals surface area contributed by atoms with Crippen LogP contribution >= 0.6 is 0 Å². The monoisotopic (exact) mass is 416 g/mol. The Morgan fingerprint density at radius 2 is 1.74 bits per heavy atom. The van der Waals surface area contributed by atoms with Crippen LogP contribution < -0.4 is 0 Å². The molecule has 1 fully saturated rings. The average molecular weight is 416 g/mol.